The van der Waals surface area contributed by atoms with E-state index in [0.29, 0.717) is 6.04 Å². The fraction of sp³-hybridized carbons (Fsp3) is 1.00. The lowest BCUT2D eigenvalue weighted by atomic mass is 10.2. The van der Waals surface area contributed by atoms with E-state index >= 15 is 0 Å². The highest BCUT2D eigenvalue weighted by Crippen LogP contribution is 2.16. The minimum atomic E-state index is -0.203. The van der Waals surface area contributed by atoms with Gasteiger partial charge in [0, 0.05) is 18.3 Å². The van der Waals surface area contributed by atoms with Crippen LogP contribution in [0.15, 0.2) is 0 Å². The van der Waals surface area contributed by atoms with Crippen LogP contribution in [0.25, 0.3) is 0 Å². The Morgan fingerprint density at radius 2 is 2.60 bits per heavy atom. The van der Waals surface area contributed by atoms with Crippen molar-refractivity contribution in [2.75, 3.05) is 18.1 Å². The third-order valence-electron chi connectivity index (χ3n) is 1.63. The summed E-state index contributed by atoms with van der Waals surface area (Å²) in [5, 5.41) is 12.3. The molecule has 0 aromatic carbocycles. The number of nitrogens with one attached hydrogen (secondary N) is 1. The molecule has 0 aromatic rings. The molecule has 0 amide bonds. The van der Waals surface area contributed by atoms with E-state index in [4.69, 9.17) is 5.11 Å². The maximum atomic E-state index is 8.94. The van der Waals surface area contributed by atoms with Crippen LogP contribution in [-0.2, 0) is 0 Å². The summed E-state index contributed by atoms with van der Waals surface area (Å²) in [6, 6.07) is 0.652. The number of hydrogen-bond acceptors (Lipinski definition) is 3. The monoisotopic (exact) mass is 161 g/mol. The van der Waals surface area contributed by atoms with Crippen LogP contribution in [0.2, 0.25) is 0 Å². The first-order valence-corrected chi connectivity index (χ1v) is 4.93. The van der Waals surface area contributed by atoms with Gasteiger partial charge < -0.3 is 10.4 Å². The van der Waals surface area contributed by atoms with Crippen LogP contribution in [0.1, 0.15) is 13.3 Å². The molecule has 1 heterocycles. The van der Waals surface area contributed by atoms with Crippen molar-refractivity contribution < 1.29 is 5.11 Å². The van der Waals surface area contributed by atoms with Gasteiger partial charge in [-0.3, -0.25) is 0 Å². The minimum Gasteiger partial charge on any atom is -0.392 e. The first-order valence-electron chi connectivity index (χ1n) is 3.78. The van der Waals surface area contributed by atoms with E-state index in [9.17, 15) is 0 Å². The zero-order chi connectivity index (χ0) is 7.40. The molecule has 1 aliphatic heterocycles. The molecule has 3 heteroatoms. The molecular weight excluding hydrogens is 146 g/mol. The van der Waals surface area contributed by atoms with Crippen LogP contribution in [0.4, 0.5) is 0 Å². The van der Waals surface area contributed by atoms with E-state index in [1.807, 2.05) is 18.7 Å². The lowest BCUT2D eigenvalue weighted by molar-refractivity contribution is 0.187. The van der Waals surface area contributed by atoms with E-state index in [1.54, 1.807) is 0 Å². The standard InChI is InChI=1S/C7H15NOS/c1-6(9)4-8-7-2-3-10-5-7/h6-9H,2-5H2,1H3/t6-,7-/m1/s1. The van der Waals surface area contributed by atoms with Gasteiger partial charge in [0.15, 0.2) is 0 Å². The highest BCUT2D eigenvalue weighted by molar-refractivity contribution is 7.99. The number of thioether (sulfide) groups is 1. The van der Waals surface area contributed by atoms with E-state index < -0.39 is 0 Å². The van der Waals surface area contributed by atoms with Crippen molar-refractivity contribution in [1.82, 2.24) is 5.32 Å². The van der Waals surface area contributed by atoms with Gasteiger partial charge in [0.1, 0.15) is 0 Å². The fourth-order valence-corrected chi connectivity index (χ4v) is 2.22. The quantitative estimate of drug-likeness (QED) is 0.631. The predicted octanol–water partition coefficient (Wildman–Crippen LogP) is 0.462. The molecule has 0 bridgehead atoms. The van der Waals surface area contributed by atoms with Crippen LogP contribution in [-0.4, -0.2) is 35.3 Å². The molecule has 2 N–H and O–H groups in total. The molecule has 1 rings (SSSR count). The summed E-state index contributed by atoms with van der Waals surface area (Å²) in [5.41, 5.74) is 0. The van der Waals surface area contributed by atoms with Crippen molar-refractivity contribution in [3.8, 4) is 0 Å². The Morgan fingerprint density at radius 3 is 3.10 bits per heavy atom. The Bertz CT molecular complexity index is 91.6. The molecule has 0 aliphatic carbocycles. The molecule has 0 saturated carbocycles. The second kappa shape index (κ2) is 4.21. The van der Waals surface area contributed by atoms with Crippen molar-refractivity contribution in [1.29, 1.82) is 0 Å². The highest BCUT2D eigenvalue weighted by Gasteiger charge is 2.14. The third kappa shape index (κ3) is 2.90. The molecule has 2 nitrogen and oxygen atoms in total. The maximum absolute atomic E-state index is 8.94. The van der Waals surface area contributed by atoms with Crippen LogP contribution in [0, 0.1) is 0 Å². The molecule has 1 saturated heterocycles. The van der Waals surface area contributed by atoms with Gasteiger partial charge >= 0.3 is 0 Å². The molecule has 2 atom stereocenters. The van der Waals surface area contributed by atoms with Gasteiger partial charge in [0.25, 0.3) is 0 Å². The lowest BCUT2D eigenvalue weighted by Crippen LogP contribution is -2.34. The molecule has 0 unspecified atom stereocenters. The Hall–Kier alpha value is 0.270. The van der Waals surface area contributed by atoms with Crippen molar-refractivity contribution in [3.05, 3.63) is 0 Å². The second-order valence-electron chi connectivity index (χ2n) is 2.82. The number of rotatable bonds is 3. The van der Waals surface area contributed by atoms with Gasteiger partial charge in [-0.2, -0.15) is 11.8 Å². The summed E-state index contributed by atoms with van der Waals surface area (Å²) in [5.74, 6) is 2.49. The van der Waals surface area contributed by atoms with Gasteiger partial charge in [-0.05, 0) is 19.1 Å². The Kier molecular flexibility index (Phi) is 3.52. The summed E-state index contributed by atoms with van der Waals surface area (Å²) in [4.78, 5) is 0. The average molecular weight is 161 g/mol. The largest absolute Gasteiger partial charge is 0.392 e. The molecule has 0 spiro atoms. The SMILES string of the molecule is C[C@@H](O)CN[C@@H]1CCSC1. The van der Waals surface area contributed by atoms with E-state index in [1.165, 1.54) is 17.9 Å². The Labute approximate surface area is 66.4 Å². The molecular formula is C7H15NOS. The van der Waals surface area contributed by atoms with Crippen LogP contribution in [0.5, 0.6) is 0 Å². The van der Waals surface area contributed by atoms with Crippen molar-refractivity contribution >= 4 is 11.8 Å². The zero-order valence-corrected chi connectivity index (χ0v) is 7.16. The molecule has 1 fully saturated rings. The predicted molar refractivity (Wildman–Crippen MR) is 45.4 cm³/mol. The summed E-state index contributed by atoms with van der Waals surface area (Å²) in [6.07, 6.45) is 1.06. The lowest BCUT2D eigenvalue weighted by Gasteiger charge is -2.11. The Morgan fingerprint density at radius 1 is 1.80 bits per heavy atom. The fourth-order valence-electron chi connectivity index (χ4n) is 1.03. The second-order valence-corrected chi connectivity index (χ2v) is 3.97. The first kappa shape index (κ1) is 8.37. The van der Waals surface area contributed by atoms with Crippen molar-refractivity contribution in [3.63, 3.8) is 0 Å². The molecule has 60 valence electrons. The maximum Gasteiger partial charge on any atom is 0.0636 e. The van der Waals surface area contributed by atoms with Crippen LogP contribution >= 0.6 is 11.8 Å². The van der Waals surface area contributed by atoms with Gasteiger partial charge in [-0.1, -0.05) is 0 Å². The van der Waals surface area contributed by atoms with Crippen LogP contribution < -0.4 is 5.32 Å². The number of aliphatic hydroxyl groups is 1. The van der Waals surface area contributed by atoms with Gasteiger partial charge in [0.2, 0.25) is 0 Å². The topological polar surface area (TPSA) is 32.3 Å². The van der Waals surface area contributed by atoms with Crippen molar-refractivity contribution in [2.45, 2.75) is 25.5 Å². The summed E-state index contributed by atoms with van der Waals surface area (Å²) >= 11 is 1.99. The summed E-state index contributed by atoms with van der Waals surface area (Å²) in [6.45, 7) is 2.56. The first-order chi connectivity index (χ1) is 4.79. The van der Waals surface area contributed by atoms with E-state index in [2.05, 4.69) is 5.32 Å². The smallest absolute Gasteiger partial charge is 0.0636 e. The number of hydrogen-bond donors (Lipinski definition) is 2. The summed E-state index contributed by atoms with van der Waals surface area (Å²) in [7, 11) is 0. The van der Waals surface area contributed by atoms with E-state index in [-0.39, 0.29) is 6.10 Å². The average Bonchev–Trinajstić information content (AvgIpc) is 2.34. The Balaban J connectivity index is 2.01. The van der Waals surface area contributed by atoms with Crippen LogP contribution in [0.3, 0.4) is 0 Å². The zero-order valence-electron chi connectivity index (χ0n) is 6.34. The third-order valence-corrected chi connectivity index (χ3v) is 2.79. The minimum absolute atomic E-state index is 0.203. The number of aliphatic hydroxyl groups excluding tert-OH is 1. The highest BCUT2D eigenvalue weighted by atomic mass is 32.2. The molecule has 0 radical (unpaired) electrons. The molecule has 10 heavy (non-hydrogen) atoms. The molecule has 1 aliphatic rings. The van der Waals surface area contributed by atoms with Gasteiger partial charge in [0.05, 0.1) is 6.10 Å². The van der Waals surface area contributed by atoms with Gasteiger partial charge in [-0.25, -0.2) is 0 Å². The normalized spacial score (nSPS) is 28.8. The van der Waals surface area contributed by atoms with Gasteiger partial charge in [-0.15, -0.1) is 0 Å². The van der Waals surface area contributed by atoms with E-state index in [0.717, 1.165) is 6.54 Å². The van der Waals surface area contributed by atoms with Crippen molar-refractivity contribution in [2.24, 2.45) is 0 Å². The molecule has 0 aromatic heterocycles. The summed E-state index contributed by atoms with van der Waals surface area (Å²) < 4.78 is 0.